The molecule has 180 valence electrons. The lowest BCUT2D eigenvalue weighted by Crippen LogP contribution is -2.39. The summed E-state index contributed by atoms with van der Waals surface area (Å²) in [5.41, 5.74) is 2.46. The number of aryl methyl sites for hydroxylation is 1. The first kappa shape index (κ1) is 24.5. The number of rotatable bonds is 6. The van der Waals surface area contributed by atoms with E-state index in [0.717, 1.165) is 11.1 Å². The van der Waals surface area contributed by atoms with Crippen molar-refractivity contribution in [3.8, 4) is 0 Å². The van der Waals surface area contributed by atoms with Crippen molar-refractivity contribution in [3.63, 3.8) is 0 Å². The Morgan fingerprint density at radius 1 is 1.09 bits per heavy atom. The first-order valence-corrected chi connectivity index (χ1v) is 12.3. The van der Waals surface area contributed by atoms with Crippen molar-refractivity contribution in [2.45, 2.75) is 26.7 Å². The number of nitrogens with zero attached hydrogens (tertiary/aromatic N) is 3. The van der Waals surface area contributed by atoms with Crippen LogP contribution in [0, 0.1) is 18.7 Å². The largest absolute Gasteiger partial charge is 0.339 e. The summed E-state index contributed by atoms with van der Waals surface area (Å²) < 4.78 is 14.2. The Hall–Kier alpha value is -3.65. The topological polar surface area (TPSA) is 70.6 Å². The second-order valence-corrected chi connectivity index (χ2v) is 9.36. The maximum absolute atomic E-state index is 14.2. The van der Waals surface area contributed by atoms with Crippen LogP contribution in [0.2, 0.25) is 0 Å². The number of carbonyl (C=O) groups excluding carboxylic acids is 3. The molecule has 0 atom stereocenters. The van der Waals surface area contributed by atoms with Crippen LogP contribution in [0.5, 0.6) is 0 Å². The number of anilines is 2. The van der Waals surface area contributed by atoms with E-state index in [-0.39, 0.29) is 29.2 Å². The molecule has 1 fully saturated rings. The van der Waals surface area contributed by atoms with E-state index in [9.17, 15) is 18.8 Å². The Morgan fingerprint density at radius 3 is 2.43 bits per heavy atom. The molecule has 6 nitrogen and oxygen atoms in total. The summed E-state index contributed by atoms with van der Waals surface area (Å²) in [5, 5.41) is 2.03. The van der Waals surface area contributed by atoms with Crippen molar-refractivity contribution >= 4 is 45.8 Å². The van der Waals surface area contributed by atoms with Crippen LogP contribution in [0.15, 0.2) is 60.0 Å². The molecule has 0 bridgehead atoms. The normalized spacial score (nSPS) is 14.3. The molecule has 2 aromatic carbocycles. The zero-order valence-corrected chi connectivity index (χ0v) is 20.4. The summed E-state index contributed by atoms with van der Waals surface area (Å²) in [4.78, 5) is 45.0. The SMILES string of the molecule is CC(=O)N(c1nc(C=CC(=O)N2CCC(C(=O)c3ccc(C)cc3)CC2)cs1)c1ccccc1F. The van der Waals surface area contributed by atoms with E-state index in [2.05, 4.69) is 4.98 Å². The number of ketones is 1. The predicted octanol–water partition coefficient (Wildman–Crippen LogP) is 5.41. The monoisotopic (exact) mass is 491 g/mol. The van der Waals surface area contributed by atoms with Crippen LogP contribution in [0.25, 0.3) is 6.08 Å². The van der Waals surface area contributed by atoms with Gasteiger partial charge in [-0.15, -0.1) is 11.3 Å². The number of benzene rings is 2. The average Bonchev–Trinajstić information content (AvgIpc) is 3.32. The standard InChI is InChI=1S/C27H26FN3O3S/c1-18-7-9-20(10-8-18)26(34)21-13-15-30(16-14-21)25(33)12-11-22-17-35-27(29-22)31(19(2)32)24-6-4-3-5-23(24)28/h3-12,17,21H,13-16H2,1-2H3. The Labute approximate surface area is 207 Å². The van der Waals surface area contributed by atoms with Gasteiger partial charge in [0.2, 0.25) is 11.8 Å². The summed E-state index contributed by atoms with van der Waals surface area (Å²) in [5.74, 6) is -0.984. The van der Waals surface area contributed by atoms with E-state index < -0.39 is 5.82 Å². The van der Waals surface area contributed by atoms with E-state index in [4.69, 9.17) is 0 Å². The molecule has 0 radical (unpaired) electrons. The minimum Gasteiger partial charge on any atom is -0.339 e. The molecule has 1 aromatic heterocycles. The minimum atomic E-state index is -0.519. The second kappa shape index (κ2) is 10.7. The van der Waals surface area contributed by atoms with Crippen molar-refractivity contribution in [1.29, 1.82) is 0 Å². The number of carbonyl (C=O) groups is 3. The second-order valence-electron chi connectivity index (χ2n) is 8.52. The fourth-order valence-electron chi connectivity index (χ4n) is 4.07. The molecule has 2 heterocycles. The predicted molar refractivity (Wildman–Crippen MR) is 135 cm³/mol. The van der Waals surface area contributed by atoms with Gasteiger partial charge >= 0.3 is 0 Å². The molecule has 1 aliphatic rings. The lowest BCUT2D eigenvalue weighted by molar-refractivity contribution is -0.127. The molecule has 0 saturated carbocycles. The summed E-state index contributed by atoms with van der Waals surface area (Å²) in [6.45, 7) is 4.36. The summed E-state index contributed by atoms with van der Waals surface area (Å²) >= 11 is 1.19. The van der Waals surface area contributed by atoms with Gasteiger partial charge in [0.1, 0.15) is 5.82 Å². The van der Waals surface area contributed by atoms with Gasteiger partial charge in [-0.1, -0.05) is 42.0 Å². The molecule has 8 heteroatoms. The third-order valence-corrected chi connectivity index (χ3v) is 6.86. The fraction of sp³-hybridized carbons (Fsp3) is 0.259. The Bertz CT molecular complexity index is 1260. The molecule has 1 aliphatic heterocycles. The Kier molecular flexibility index (Phi) is 7.51. The molecule has 35 heavy (non-hydrogen) atoms. The van der Waals surface area contributed by atoms with Gasteiger partial charge in [0.05, 0.1) is 11.4 Å². The zero-order chi connectivity index (χ0) is 24.9. The maximum Gasteiger partial charge on any atom is 0.246 e. The van der Waals surface area contributed by atoms with Crippen molar-refractivity contribution < 1.29 is 18.8 Å². The summed E-state index contributed by atoms with van der Waals surface area (Å²) in [7, 11) is 0. The van der Waals surface area contributed by atoms with Gasteiger partial charge in [0.25, 0.3) is 0 Å². The van der Waals surface area contributed by atoms with Crippen molar-refractivity contribution in [2.75, 3.05) is 18.0 Å². The quantitative estimate of drug-likeness (QED) is 0.342. The molecule has 0 unspecified atom stereocenters. The van der Waals surface area contributed by atoms with Crippen molar-refractivity contribution in [1.82, 2.24) is 9.88 Å². The van der Waals surface area contributed by atoms with Crippen LogP contribution in [0.3, 0.4) is 0 Å². The Balaban J connectivity index is 1.37. The molecule has 1 saturated heterocycles. The maximum atomic E-state index is 14.2. The van der Waals surface area contributed by atoms with Crippen LogP contribution in [0.1, 0.15) is 41.4 Å². The molecular weight excluding hydrogens is 465 g/mol. The molecular formula is C27H26FN3O3S. The number of para-hydroxylation sites is 1. The minimum absolute atomic E-state index is 0.0808. The Morgan fingerprint density at radius 2 is 1.77 bits per heavy atom. The number of hydrogen-bond acceptors (Lipinski definition) is 5. The van der Waals surface area contributed by atoms with Crippen molar-refractivity contribution in [2.24, 2.45) is 5.92 Å². The van der Waals surface area contributed by atoms with Gasteiger partial charge in [-0.05, 0) is 38.0 Å². The van der Waals surface area contributed by atoms with Gasteiger partial charge in [-0.2, -0.15) is 0 Å². The zero-order valence-electron chi connectivity index (χ0n) is 19.6. The van der Waals surface area contributed by atoms with Crippen molar-refractivity contribution in [3.05, 3.63) is 82.6 Å². The molecule has 4 rings (SSSR count). The van der Waals surface area contributed by atoms with Crippen LogP contribution in [0.4, 0.5) is 15.2 Å². The number of Topliss-reactive ketones (excluding diaryl/α,β-unsaturated/α-hetero) is 1. The van der Waals surface area contributed by atoms with E-state index in [0.29, 0.717) is 36.8 Å². The lowest BCUT2D eigenvalue weighted by atomic mass is 9.88. The number of hydrogen-bond donors (Lipinski definition) is 0. The highest BCUT2D eigenvalue weighted by Crippen LogP contribution is 2.31. The smallest absolute Gasteiger partial charge is 0.246 e. The van der Waals surface area contributed by atoms with Crippen LogP contribution in [-0.2, 0) is 9.59 Å². The highest BCUT2D eigenvalue weighted by Gasteiger charge is 2.27. The highest BCUT2D eigenvalue weighted by molar-refractivity contribution is 7.14. The third kappa shape index (κ3) is 5.71. The summed E-state index contributed by atoms with van der Waals surface area (Å²) in [6, 6.07) is 13.6. The molecule has 2 amide bonds. The molecule has 3 aromatic rings. The van der Waals surface area contributed by atoms with Gasteiger partial charge in [0.15, 0.2) is 10.9 Å². The first-order chi connectivity index (χ1) is 16.8. The lowest BCUT2D eigenvalue weighted by Gasteiger charge is -2.30. The molecule has 0 N–H and O–H groups in total. The number of piperidine rings is 1. The van der Waals surface area contributed by atoms with E-state index >= 15 is 0 Å². The van der Waals surface area contributed by atoms with Crippen LogP contribution >= 0.6 is 11.3 Å². The average molecular weight is 492 g/mol. The highest BCUT2D eigenvalue weighted by atomic mass is 32.1. The van der Waals surface area contributed by atoms with Crippen LogP contribution < -0.4 is 4.90 Å². The number of halogens is 1. The third-order valence-electron chi connectivity index (χ3n) is 6.02. The molecule has 0 aliphatic carbocycles. The molecule has 0 spiro atoms. The van der Waals surface area contributed by atoms with E-state index in [1.54, 1.807) is 28.5 Å². The number of aromatic nitrogens is 1. The van der Waals surface area contributed by atoms with Gasteiger partial charge in [0, 0.05) is 43.0 Å². The van der Waals surface area contributed by atoms with Crippen LogP contribution in [-0.4, -0.2) is 40.6 Å². The fourth-order valence-corrected chi connectivity index (χ4v) is 4.92. The number of likely N-dealkylation sites (tertiary alicyclic amines) is 1. The van der Waals surface area contributed by atoms with Gasteiger partial charge in [-0.25, -0.2) is 9.37 Å². The number of thiazole rings is 1. The number of amides is 2. The van der Waals surface area contributed by atoms with Gasteiger partial charge in [-0.3, -0.25) is 19.3 Å². The van der Waals surface area contributed by atoms with Gasteiger partial charge < -0.3 is 4.90 Å². The van der Waals surface area contributed by atoms with E-state index in [1.165, 1.54) is 41.4 Å². The van der Waals surface area contributed by atoms with E-state index in [1.807, 2.05) is 31.2 Å². The first-order valence-electron chi connectivity index (χ1n) is 11.4. The summed E-state index contributed by atoms with van der Waals surface area (Å²) in [6.07, 6.45) is 4.29.